The molecule has 1 N–H and O–H groups in total. The Morgan fingerprint density at radius 2 is 1.74 bits per heavy atom. The van der Waals surface area contributed by atoms with Crippen LogP contribution >= 0.6 is 0 Å². The van der Waals surface area contributed by atoms with Crippen molar-refractivity contribution in [3.63, 3.8) is 0 Å². The summed E-state index contributed by atoms with van der Waals surface area (Å²) in [7, 11) is 0. The highest BCUT2D eigenvalue weighted by Crippen LogP contribution is 2.21. The molecule has 0 amide bonds. The zero-order valence-corrected chi connectivity index (χ0v) is 13.9. The lowest BCUT2D eigenvalue weighted by Gasteiger charge is -2.13. The first-order valence-corrected chi connectivity index (χ1v) is 8.08. The Balaban J connectivity index is 1.93. The standard InChI is InChI=1S/C19H25NO3/c1-3-21-12-13-23-19-11-6-5-8-16(19)15-20-17-9-7-10-18(14-17)22-4-2/h5-11,14,20H,3-4,12-13,15H2,1-2H3. The summed E-state index contributed by atoms with van der Waals surface area (Å²) in [5.41, 5.74) is 2.14. The highest BCUT2D eigenvalue weighted by molar-refractivity contribution is 5.49. The number of benzene rings is 2. The van der Waals surface area contributed by atoms with Crippen LogP contribution in [0.25, 0.3) is 0 Å². The van der Waals surface area contributed by atoms with Crippen LogP contribution in [0, 0.1) is 0 Å². The molecule has 0 aliphatic heterocycles. The average molecular weight is 315 g/mol. The van der Waals surface area contributed by atoms with Gasteiger partial charge in [-0.3, -0.25) is 0 Å². The summed E-state index contributed by atoms with van der Waals surface area (Å²) >= 11 is 0. The number of hydrogen-bond donors (Lipinski definition) is 1. The van der Waals surface area contributed by atoms with E-state index in [1.54, 1.807) is 0 Å². The summed E-state index contributed by atoms with van der Waals surface area (Å²) in [6.07, 6.45) is 0. The van der Waals surface area contributed by atoms with Gasteiger partial charge in [0.1, 0.15) is 18.1 Å². The highest BCUT2D eigenvalue weighted by Gasteiger charge is 2.03. The fraction of sp³-hybridized carbons (Fsp3) is 0.368. The molecule has 2 aromatic carbocycles. The molecule has 0 aromatic heterocycles. The number of ether oxygens (including phenoxy) is 3. The van der Waals surface area contributed by atoms with Crippen LogP contribution in [0.15, 0.2) is 48.5 Å². The minimum absolute atomic E-state index is 0.560. The lowest BCUT2D eigenvalue weighted by Crippen LogP contribution is -2.09. The molecular weight excluding hydrogens is 290 g/mol. The zero-order valence-electron chi connectivity index (χ0n) is 13.9. The zero-order chi connectivity index (χ0) is 16.3. The van der Waals surface area contributed by atoms with Crippen LogP contribution in [0.1, 0.15) is 19.4 Å². The molecule has 0 atom stereocenters. The second-order valence-electron chi connectivity index (χ2n) is 4.97. The highest BCUT2D eigenvalue weighted by atomic mass is 16.5. The van der Waals surface area contributed by atoms with Gasteiger partial charge >= 0.3 is 0 Å². The summed E-state index contributed by atoms with van der Waals surface area (Å²) in [4.78, 5) is 0. The first kappa shape index (κ1) is 17.2. The second kappa shape index (κ2) is 9.74. The summed E-state index contributed by atoms with van der Waals surface area (Å²) < 4.78 is 16.6. The lowest BCUT2D eigenvalue weighted by atomic mass is 10.2. The molecule has 0 heterocycles. The smallest absolute Gasteiger partial charge is 0.124 e. The fourth-order valence-corrected chi connectivity index (χ4v) is 2.21. The topological polar surface area (TPSA) is 39.7 Å². The van der Waals surface area contributed by atoms with Crippen LogP contribution in [0.5, 0.6) is 11.5 Å². The molecule has 0 bridgehead atoms. The van der Waals surface area contributed by atoms with Crippen molar-refractivity contribution in [1.29, 1.82) is 0 Å². The van der Waals surface area contributed by atoms with E-state index in [9.17, 15) is 0 Å². The van der Waals surface area contributed by atoms with Gasteiger partial charge in [-0.1, -0.05) is 24.3 Å². The number of para-hydroxylation sites is 1. The Hall–Kier alpha value is -2.20. The van der Waals surface area contributed by atoms with Gasteiger partial charge in [-0.15, -0.1) is 0 Å². The molecule has 0 aliphatic rings. The molecule has 0 spiro atoms. The Labute approximate surface area is 138 Å². The molecule has 0 saturated carbocycles. The van der Waals surface area contributed by atoms with E-state index < -0.39 is 0 Å². The summed E-state index contributed by atoms with van der Waals surface area (Å²) in [5.74, 6) is 1.76. The van der Waals surface area contributed by atoms with E-state index in [1.807, 2.05) is 56.3 Å². The van der Waals surface area contributed by atoms with Crippen molar-refractivity contribution in [1.82, 2.24) is 0 Å². The molecule has 0 saturated heterocycles. The minimum Gasteiger partial charge on any atom is -0.494 e. The van der Waals surface area contributed by atoms with Gasteiger partial charge < -0.3 is 19.5 Å². The molecule has 23 heavy (non-hydrogen) atoms. The van der Waals surface area contributed by atoms with E-state index >= 15 is 0 Å². The summed E-state index contributed by atoms with van der Waals surface area (Å²) in [5, 5.41) is 3.41. The van der Waals surface area contributed by atoms with E-state index in [2.05, 4.69) is 11.4 Å². The van der Waals surface area contributed by atoms with Gasteiger partial charge in [-0.25, -0.2) is 0 Å². The van der Waals surface area contributed by atoms with Gasteiger partial charge in [0.15, 0.2) is 0 Å². The van der Waals surface area contributed by atoms with Gasteiger partial charge in [-0.05, 0) is 32.0 Å². The fourth-order valence-electron chi connectivity index (χ4n) is 2.21. The van der Waals surface area contributed by atoms with Gasteiger partial charge in [0.2, 0.25) is 0 Å². The van der Waals surface area contributed by atoms with Crippen molar-refractivity contribution in [2.24, 2.45) is 0 Å². The first-order chi connectivity index (χ1) is 11.3. The van der Waals surface area contributed by atoms with E-state index in [4.69, 9.17) is 14.2 Å². The SMILES string of the molecule is CCOCCOc1ccccc1CNc1cccc(OCC)c1. The third kappa shape index (κ3) is 5.83. The van der Waals surface area contributed by atoms with E-state index in [1.165, 1.54) is 0 Å². The molecule has 4 nitrogen and oxygen atoms in total. The maximum atomic E-state index is 5.80. The van der Waals surface area contributed by atoms with Crippen LogP contribution < -0.4 is 14.8 Å². The number of anilines is 1. The molecular formula is C19H25NO3. The van der Waals surface area contributed by atoms with Crippen LogP contribution in [0.3, 0.4) is 0 Å². The largest absolute Gasteiger partial charge is 0.494 e. The third-order valence-electron chi connectivity index (χ3n) is 3.29. The van der Waals surface area contributed by atoms with Crippen LogP contribution in [0.2, 0.25) is 0 Å². The molecule has 0 unspecified atom stereocenters. The molecule has 0 fully saturated rings. The molecule has 4 heteroatoms. The molecule has 0 radical (unpaired) electrons. The first-order valence-electron chi connectivity index (χ1n) is 8.08. The Morgan fingerprint density at radius 1 is 0.870 bits per heavy atom. The number of nitrogens with one attached hydrogen (secondary N) is 1. The van der Waals surface area contributed by atoms with E-state index in [-0.39, 0.29) is 0 Å². The minimum atomic E-state index is 0.560. The average Bonchev–Trinajstić information content (AvgIpc) is 2.58. The maximum absolute atomic E-state index is 5.80. The quantitative estimate of drug-likeness (QED) is 0.670. The van der Waals surface area contributed by atoms with Crippen molar-refractivity contribution in [2.75, 3.05) is 31.7 Å². The lowest BCUT2D eigenvalue weighted by molar-refractivity contribution is 0.110. The molecule has 2 aromatic rings. The van der Waals surface area contributed by atoms with Gasteiger partial charge in [0.05, 0.1) is 13.2 Å². The molecule has 0 aliphatic carbocycles. The second-order valence-corrected chi connectivity index (χ2v) is 4.97. The molecule has 124 valence electrons. The van der Waals surface area contributed by atoms with Crippen molar-refractivity contribution in [2.45, 2.75) is 20.4 Å². The summed E-state index contributed by atoms with van der Waals surface area (Å²) in [6, 6.07) is 16.0. The van der Waals surface area contributed by atoms with Crippen molar-refractivity contribution >= 4 is 5.69 Å². The Morgan fingerprint density at radius 3 is 2.57 bits per heavy atom. The monoisotopic (exact) mass is 315 g/mol. The molecule has 2 rings (SSSR count). The van der Waals surface area contributed by atoms with Crippen molar-refractivity contribution in [3.8, 4) is 11.5 Å². The number of hydrogen-bond acceptors (Lipinski definition) is 4. The number of rotatable bonds is 10. The van der Waals surface area contributed by atoms with Crippen LogP contribution in [-0.4, -0.2) is 26.4 Å². The van der Waals surface area contributed by atoms with Crippen molar-refractivity contribution < 1.29 is 14.2 Å². The maximum Gasteiger partial charge on any atom is 0.124 e. The van der Waals surface area contributed by atoms with E-state index in [0.29, 0.717) is 33.0 Å². The van der Waals surface area contributed by atoms with Crippen LogP contribution in [-0.2, 0) is 11.3 Å². The Kier molecular flexibility index (Phi) is 7.27. The normalized spacial score (nSPS) is 10.3. The van der Waals surface area contributed by atoms with Gasteiger partial charge in [0.25, 0.3) is 0 Å². The van der Waals surface area contributed by atoms with Gasteiger partial charge in [-0.2, -0.15) is 0 Å². The summed E-state index contributed by atoms with van der Waals surface area (Å²) in [6.45, 7) is 7.20. The third-order valence-corrected chi connectivity index (χ3v) is 3.29. The van der Waals surface area contributed by atoms with Crippen LogP contribution in [0.4, 0.5) is 5.69 Å². The predicted octanol–water partition coefficient (Wildman–Crippen LogP) is 4.11. The van der Waals surface area contributed by atoms with Crippen molar-refractivity contribution in [3.05, 3.63) is 54.1 Å². The predicted molar refractivity (Wildman–Crippen MR) is 93.4 cm³/mol. The van der Waals surface area contributed by atoms with E-state index in [0.717, 1.165) is 22.7 Å². The van der Waals surface area contributed by atoms with Gasteiger partial charge in [0, 0.05) is 30.5 Å². The Bertz CT molecular complexity index is 586.